The molecule has 0 saturated heterocycles. The molecule has 6 nitrogen and oxygen atoms in total. The molecule has 0 aromatic heterocycles. The van der Waals surface area contributed by atoms with E-state index < -0.39 is 12.0 Å². The molecule has 7 heteroatoms. The van der Waals surface area contributed by atoms with Crippen LogP contribution in [0.1, 0.15) is 31.1 Å². The Morgan fingerprint density at radius 1 is 1.15 bits per heavy atom. The predicted octanol–water partition coefficient (Wildman–Crippen LogP) is 3.56. The van der Waals surface area contributed by atoms with Crippen molar-refractivity contribution < 1.29 is 14.6 Å². The number of rotatable bonds is 9. The first-order valence-corrected chi connectivity index (χ1v) is 9.30. The molecule has 2 aromatic rings. The normalized spacial score (nSPS) is 11.6. The van der Waals surface area contributed by atoms with E-state index in [9.17, 15) is 9.90 Å². The molecule has 2 rings (SSSR count). The summed E-state index contributed by atoms with van der Waals surface area (Å²) >= 11 is 6.10. The number of aliphatic hydroxyl groups is 1. The maximum absolute atomic E-state index is 11.8. The third-order valence-electron chi connectivity index (χ3n) is 4.01. The first-order chi connectivity index (χ1) is 13.0. The van der Waals surface area contributed by atoms with Crippen LogP contribution < -0.4 is 20.7 Å². The Morgan fingerprint density at radius 3 is 2.56 bits per heavy atom. The lowest BCUT2D eigenvalue weighted by Gasteiger charge is -2.18. The van der Waals surface area contributed by atoms with Gasteiger partial charge in [-0.15, -0.1) is 0 Å². The van der Waals surface area contributed by atoms with Gasteiger partial charge in [-0.25, -0.2) is 0 Å². The fourth-order valence-electron chi connectivity index (χ4n) is 2.69. The Hall–Kier alpha value is -2.44. The fourth-order valence-corrected chi connectivity index (χ4v) is 2.89. The highest BCUT2D eigenvalue weighted by Crippen LogP contribution is 2.30. The van der Waals surface area contributed by atoms with Crippen LogP contribution in [-0.2, 0) is 11.4 Å². The van der Waals surface area contributed by atoms with E-state index in [4.69, 9.17) is 16.3 Å². The van der Waals surface area contributed by atoms with Crippen molar-refractivity contribution in [2.75, 3.05) is 30.8 Å². The van der Waals surface area contributed by atoms with Gasteiger partial charge in [-0.3, -0.25) is 4.79 Å². The highest BCUT2D eigenvalue weighted by atomic mass is 35.5. The number of anilines is 2. The quantitative estimate of drug-likeness (QED) is 0.525. The summed E-state index contributed by atoms with van der Waals surface area (Å²) in [4.78, 5) is 11.8. The standard InChI is InChI=1S/C20H26ClN3O3/c1-4-23-15-7-9-17(24-5-2)18(11-15)27-12-13-10-14(21)6-8-16(13)19(25)20(26)22-3/h6-11,19,23-25H,4-5,12H2,1-3H3,(H,22,26). The summed E-state index contributed by atoms with van der Waals surface area (Å²) < 4.78 is 6.02. The molecule has 0 aliphatic rings. The van der Waals surface area contributed by atoms with E-state index in [1.165, 1.54) is 7.05 Å². The number of nitrogens with one attached hydrogen (secondary N) is 3. The molecule has 1 atom stereocenters. The number of carbonyl (C=O) groups excluding carboxylic acids is 1. The van der Waals surface area contributed by atoms with Crippen LogP contribution in [0.4, 0.5) is 11.4 Å². The number of hydrogen-bond acceptors (Lipinski definition) is 5. The van der Waals surface area contributed by atoms with Crippen molar-refractivity contribution in [3.63, 3.8) is 0 Å². The first kappa shape index (κ1) is 20.9. The average Bonchev–Trinajstić information content (AvgIpc) is 2.67. The molecule has 0 heterocycles. The number of likely N-dealkylation sites (N-methyl/N-ethyl adjacent to an activating group) is 1. The summed E-state index contributed by atoms with van der Waals surface area (Å²) in [6, 6.07) is 10.8. The van der Waals surface area contributed by atoms with Gasteiger partial charge < -0.3 is 25.8 Å². The average molecular weight is 392 g/mol. The predicted molar refractivity (Wildman–Crippen MR) is 110 cm³/mol. The lowest BCUT2D eigenvalue weighted by molar-refractivity contribution is -0.129. The molecule has 27 heavy (non-hydrogen) atoms. The van der Waals surface area contributed by atoms with Crippen LogP contribution in [0.2, 0.25) is 5.02 Å². The van der Waals surface area contributed by atoms with Gasteiger partial charge in [0.15, 0.2) is 6.10 Å². The van der Waals surface area contributed by atoms with Crippen molar-refractivity contribution in [2.45, 2.75) is 26.6 Å². The van der Waals surface area contributed by atoms with Gasteiger partial charge in [0.25, 0.3) is 5.91 Å². The van der Waals surface area contributed by atoms with Crippen molar-refractivity contribution in [2.24, 2.45) is 0 Å². The Kier molecular flexibility index (Phi) is 7.76. The lowest BCUT2D eigenvalue weighted by Crippen LogP contribution is -2.26. The molecule has 2 aromatic carbocycles. The smallest absolute Gasteiger partial charge is 0.253 e. The molecule has 1 amide bonds. The Morgan fingerprint density at radius 2 is 1.89 bits per heavy atom. The Labute approximate surface area is 164 Å². The van der Waals surface area contributed by atoms with Crippen LogP contribution in [-0.4, -0.2) is 31.2 Å². The topological polar surface area (TPSA) is 82.6 Å². The number of benzene rings is 2. The Bertz CT molecular complexity index is 783. The zero-order chi connectivity index (χ0) is 19.8. The SMILES string of the molecule is CCNc1ccc(NCC)c(OCc2cc(Cl)ccc2C(O)C(=O)NC)c1. The zero-order valence-electron chi connectivity index (χ0n) is 15.8. The largest absolute Gasteiger partial charge is 0.487 e. The van der Waals surface area contributed by atoms with E-state index in [-0.39, 0.29) is 6.61 Å². The molecule has 0 spiro atoms. The number of aliphatic hydroxyl groups excluding tert-OH is 1. The van der Waals surface area contributed by atoms with E-state index in [0.717, 1.165) is 24.5 Å². The van der Waals surface area contributed by atoms with Gasteiger partial charge in [-0.05, 0) is 49.2 Å². The molecule has 0 bridgehead atoms. The first-order valence-electron chi connectivity index (χ1n) is 8.92. The second-order valence-corrected chi connectivity index (χ2v) is 6.36. The second kappa shape index (κ2) is 10.0. The summed E-state index contributed by atoms with van der Waals surface area (Å²) in [5.41, 5.74) is 2.93. The maximum Gasteiger partial charge on any atom is 0.253 e. The highest BCUT2D eigenvalue weighted by Gasteiger charge is 2.20. The number of hydrogen-bond donors (Lipinski definition) is 4. The summed E-state index contributed by atoms with van der Waals surface area (Å²) in [6.07, 6.45) is -1.29. The molecule has 0 aliphatic heterocycles. The number of ether oxygens (including phenoxy) is 1. The van der Waals surface area contributed by atoms with E-state index in [2.05, 4.69) is 16.0 Å². The summed E-state index contributed by atoms with van der Waals surface area (Å²) in [7, 11) is 1.48. The summed E-state index contributed by atoms with van der Waals surface area (Å²) in [6.45, 7) is 5.76. The van der Waals surface area contributed by atoms with E-state index >= 15 is 0 Å². The molecular weight excluding hydrogens is 366 g/mol. The van der Waals surface area contributed by atoms with E-state index in [1.54, 1.807) is 18.2 Å². The highest BCUT2D eigenvalue weighted by molar-refractivity contribution is 6.30. The van der Waals surface area contributed by atoms with E-state index in [1.807, 2.05) is 32.0 Å². The molecule has 1 unspecified atom stereocenters. The van der Waals surface area contributed by atoms with Crippen molar-refractivity contribution in [3.05, 3.63) is 52.5 Å². The van der Waals surface area contributed by atoms with Gasteiger partial charge in [0.2, 0.25) is 0 Å². The lowest BCUT2D eigenvalue weighted by atomic mass is 10.0. The Balaban J connectivity index is 2.29. The van der Waals surface area contributed by atoms with Gasteiger partial charge in [-0.2, -0.15) is 0 Å². The van der Waals surface area contributed by atoms with Crippen LogP contribution in [0.3, 0.4) is 0 Å². The minimum atomic E-state index is -1.29. The minimum absolute atomic E-state index is 0.165. The summed E-state index contributed by atoms with van der Waals surface area (Å²) in [5, 5.41) is 19.8. The number of amides is 1. The minimum Gasteiger partial charge on any atom is -0.487 e. The van der Waals surface area contributed by atoms with Gasteiger partial charge in [0, 0.05) is 36.9 Å². The third-order valence-corrected chi connectivity index (χ3v) is 4.24. The number of carbonyl (C=O) groups is 1. The van der Waals surface area contributed by atoms with Gasteiger partial charge >= 0.3 is 0 Å². The molecular formula is C20H26ClN3O3. The molecule has 0 aliphatic carbocycles. The van der Waals surface area contributed by atoms with Crippen LogP contribution >= 0.6 is 11.6 Å². The van der Waals surface area contributed by atoms with Crippen molar-refractivity contribution in [3.8, 4) is 5.75 Å². The van der Waals surface area contributed by atoms with Crippen molar-refractivity contribution in [1.29, 1.82) is 0 Å². The van der Waals surface area contributed by atoms with Gasteiger partial charge in [0.1, 0.15) is 12.4 Å². The maximum atomic E-state index is 11.8. The third kappa shape index (κ3) is 5.52. The molecule has 0 radical (unpaired) electrons. The van der Waals surface area contributed by atoms with Crippen LogP contribution in [0, 0.1) is 0 Å². The van der Waals surface area contributed by atoms with Crippen LogP contribution in [0.25, 0.3) is 0 Å². The van der Waals surface area contributed by atoms with Crippen molar-refractivity contribution >= 4 is 28.9 Å². The van der Waals surface area contributed by atoms with Gasteiger partial charge in [0.05, 0.1) is 5.69 Å². The second-order valence-electron chi connectivity index (χ2n) is 5.92. The molecule has 4 N–H and O–H groups in total. The van der Waals surface area contributed by atoms with E-state index in [0.29, 0.717) is 21.9 Å². The summed E-state index contributed by atoms with van der Waals surface area (Å²) in [5.74, 6) is 0.191. The number of halogens is 1. The zero-order valence-corrected chi connectivity index (χ0v) is 16.6. The molecule has 0 saturated carbocycles. The monoisotopic (exact) mass is 391 g/mol. The molecule has 146 valence electrons. The fraction of sp³-hybridized carbons (Fsp3) is 0.350. The van der Waals surface area contributed by atoms with Crippen molar-refractivity contribution in [1.82, 2.24) is 5.32 Å². The van der Waals surface area contributed by atoms with Crippen LogP contribution in [0.5, 0.6) is 5.75 Å². The molecule has 0 fully saturated rings. The van der Waals surface area contributed by atoms with Gasteiger partial charge in [-0.1, -0.05) is 17.7 Å². The van der Waals surface area contributed by atoms with Crippen LogP contribution in [0.15, 0.2) is 36.4 Å².